The van der Waals surface area contributed by atoms with Gasteiger partial charge in [-0.25, -0.2) is 0 Å². The van der Waals surface area contributed by atoms with Crippen LogP contribution in [0.4, 0.5) is 0 Å². The third kappa shape index (κ3) is 3.56. The van der Waals surface area contributed by atoms with Crippen molar-refractivity contribution in [1.29, 1.82) is 0 Å². The van der Waals surface area contributed by atoms with E-state index in [9.17, 15) is 19.8 Å². The molecule has 0 spiro atoms. The van der Waals surface area contributed by atoms with Crippen molar-refractivity contribution >= 4 is 16.9 Å². The molecule has 1 unspecified atom stereocenters. The lowest BCUT2D eigenvalue weighted by atomic mass is 9.84. The Morgan fingerprint density at radius 2 is 1.70 bits per heavy atom. The van der Waals surface area contributed by atoms with E-state index in [1.165, 1.54) is 38.5 Å². The fraction of sp³-hybridized carbons (Fsp3) is 0.185. The number of esters is 1. The van der Waals surface area contributed by atoms with E-state index in [0.29, 0.717) is 33.9 Å². The average Bonchev–Trinajstić information content (AvgIpc) is 3.36. The van der Waals surface area contributed by atoms with Crippen molar-refractivity contribution < 1.29 is 43.1 Å². The summed E-state index contributed by atoms with van der Waals surface area (Å²) in [6.07, 6.45) is -0.0626. The van der Waals surface area contributed by atoms with Gasteiger partial charge in [0.1, 0.15) is 28.2 Å². The van der Waals surface area contributed by atoms with Gasteiger partial charge in [0.25, 0.3) is 0 Å². The molecule has 0 bridgehead atoms. The number of carbonyl (C=O) groups excluding carboxylic acids is 1. The maximum Gasteiger partial charge on any atom is 0.312 e. The maximum absolute atomic E-state index is 13.2. The number of rotatable bonds is 4. The van der Waals surface area contributed by atoms with Crippen LogP contribution in [0.2, 0.25) is 0 Å². The molecule has 37 heavy (non-hydrogen) atoms. The van der Waals surface area contributed by atoms with Crippen LogP contribution in [0.1, 0.15) is 23.5 Å². The number of carbonyl (C=O) groups is 1. The van der Waals surface area contributed by atoms with Crippen molar-refractivity contribution in [1.82, 2.24) is 0 Å². The van der Waals surface area contributed by atoms with Crippen molar-refractivity contribution in [2.45, 2.75) is 12.3 Å². The Balaban J connectivity index is 1.61. The number of hydrogen-bond donors (Lipinski definition) is 2. The molecule has 2 aliphatic heterocycles. The molecule has 0 fully saturated rings. The van der Waals surface area contributed by atoms with Gasteiger partial charge < -0.3 is 38.3 Å². The smallest absolute Gasteiger partial charge is 0.312 e. The molecule has 6 rings (SSSR count). The van der Waals surface area contributed by atoms with E-state index in [1.807, 2.05) is 0 Å². The van der Waals surface area contributed by atoms with Crippen LogP contribution >= 0.6 is 0 Å². The molecule has 2 N–H and O–H groups in total. The summed E-state index contributed by atoms with van der Waals surface area (Å²) in [5.74, 6) is 0.125. The van der Waals surface area contributed by atoms with Crippen molar-refractivity contribution in [3.63, 3.8) is 0 Å². The first-order valence-corrected chi connectivity index (χ1v) is 11.3. The van der Waals surface area contributed by atoms with Crippen molar-refractivity contribution in [3.8, 4) is 51.6 Å². The first-order chi connectivity index (χ1) is 17.9. The highest BCUT2D eigenvalue weighted by Crippen LogP contribution is 2.50. The van der Waals surface area contributed by atoms with Crippen LogP contribution in [-0.2, 0) is 4.79 Å². The highest BCUT2D eigenvalue weighted by molar-refractivity contribution is 5.93. The zero-order valence-corrected chi connectivity index (χ0v) is 19.7. The molecule has 0 radical (unpaired) electrons. The number of methoxy groups -OCH3 is 2. The van der Waals surface area contributed by atoms with Gasteiger partial charge in [-0.15, -0.1) is 0 Å². The number of phenols is 2. The predicted octanol–water partition coefficient (Wildman–Crippen LogP) is 4.06. The van der Waals surface area contributed by atoms with Crippen molar-refractivity contribution in [2.24, 2.45) is 0 Å². The number of ether oxygens (including phenoxy) is 5. The van der Waals surface area contributed by atoms with Gasteiger partial charge in [-0.05, 0) is 35.9 Å². The van der Waals surface area contributed by atoms with Crippen LogP contribution in [0.15, 0.2) is 51.7 Å². The molecule has 0 amide bonds. The van der Waals surface area contributed by atoms with E-state index in [-0.39, 0.29) is 52.9 Å². The summed E-state index contributed by atoms with van der Waals surface area (Å²) >= 11 is 0. The van der Waals surface area contributed by atoms with E-state index < -0.39 is 17.3 Å². The monoisotopic (exact) mass is 504 g/mol. The first kappa shape index (κ1) is 22.6. The number of fused-ring (bicyclic) bond motifs is 4. The van der Waals surface area contributed by atoms with Crippen LogP contribution < -0.4 is 29.1 Å². The highest BCUT2D eigenvalue weighted by Gasteiger charge is 2.35. The Labute approximate surface area is 209 Å². The second-order valence-corrected chi connectivity index (χ2v) is 8.56. The molecule has 0 saturated carbocycles. The molecular weight excluding hydrogens is 484 g/mol. The van der Waals surface area contributed by atoms with E-state index in [0.717, 1.165) is 0 Å². The SMILES string of the molecule is COc1ccc(-c2cc(=O)c3c(O)cc4c(c3o2)C(c2cc(OC)c3c(c2)OCO3)CC(=O)O4)cc1O. The fourth-order valence-corrected chi connectivity index (χ4v) is 4.78. The van der Waals surface area contributed by atoms with Gasteiger partial charge in [0.2, 0.25) is 12.5 Å². The number of aromatic hydroxyl groups is 2. The van der Waals surface area contributed by atoms with Gasteiger partial charge in [-0.1, -0.05) is 0 Å². The molecule has 0 saturated heterocycles. The minimum absolute atomic E-state index is 0.0299. The standard InChI is InChI=1S/C27H20O10/c1-32-18-4-3-12(5-15(18)28)19-9-16(29)25-17(30)10-20-24(27(25)37-19)14(8-23(31)36-20)13-6-21(33-2)26-22(7-13)34-11-35-26/h3-7,9-10,14,28,30H,8,11H2,1-2H3. The lowest BCUT2D eigenvalue weighted by Crippen LogP contribution is -2.22. The van der Waals surface area contributed by atoms with Crippen LogP contribution in [0.25, 0.3) is 22.3 Å². The van der Waals surface area contributed by atoms with Gasteiger partial charge in [0, 0.05) is 29.2 Å². The van der Waals surface area contributed by atoms with Gasteiger partial charge in [-0.2, -0.15) is 0 Å². The zero-order chi connectivity index (χ0) is 25.8. The van der Waals surface area contributed by atoms with Crippen LogP contribution in [0.3, 0.4) is 0 Å². The highest BCUT2D eigenvalue weighted by atomic mass is 16.7. The summed E-state index contributed by atoms with van der Waals surface area (Å²) < 4.78 is 33.2. The molecule has 10 nitrogen and oxygen atoms in total. The van der Waals surface area contributed by atoms with E-state index in [2.05, 4.69) is 0 Å². The van der Waals surface area contributed by atoms with Gasteiger partial charge >= 0.3 is 5.97 Å². The molecule has 4 aromatic rings. The topological polar surface area (TPSA) is 134 Å². The lowest BCUT2D eigenvalue weighted by molar-refractivity contribution is -0.135. The average molecular weight is 504 g/mol. The maximum atomic E-state index is 13.2. The predicted molar refractivity (Wildman–Crippen MR) is 129 cm³/mol. The Morgan fingerprint density at radius 1 is 0.892 bits per heavy atom. The normalized spacial score (nSPS) is 15.8. The number of phenolic OH excluding ortho intramolecular Hbond substituents is 2. The van der Waals surface area contributed by atoms with Crippen molar-refractivity contribution in [2.75, 3.05) is 21.0 Å². The quantitative estimate of drug-likeness (QED) is 0.310. The van der Waals surface area contributed by atoms with E-state index in [4.69, 9.17) is 28.1 Å². The molecule has 1 aromatic heterocycles. The summed E-state index contributed by atoms with van der Waals surface area (Å²) in [4.78, 5) is 25.8. The molecule has 188 valence electrons. The Kier molecular flexibility index (Phi) is 5.11. The molecule has 1 atom stereocenters. The molecular formula is C27H20O10. The Morgan fingerprint density at radius 3 is 2.46 bits per heavy atom. The third-order valence-electron chi connectivity index (χ3n) is 6.47. The third-order valence-corrected chi connectivity index (χ3v) is 6.47. The lowest BCUT2D eigenvalue weighted by Gasteiger charge is -2.26. The Hall–Kier alpha value is -4.86. The largest absolute Gasteiger partial charge is 0.507 e. The van der Waals surface area contributed by atoms with E-state index >= 15 is 0 Å². The zero-order valence-electron chi connectivity index (χ0n) is 19.7. The van der Waals surface area contributed by atoms with Gasteiger partial charge in [0.05, 0.1) is 20.6 Å². The summed E-state index contributed by atoms with van der Waals surface area (Å²) in [5.41, 5.74) is 1.00. The summed E-state index contributed by atoms with van der Waals surface area (Å²) in [6, 6.07) is 10.5. The number of benzene rings is 3. The Bertz CT molecular complexity index is 1650. The first-order valence-electron chi connectivity index (χ1n) is 11.3. The minimum Gasteiger partial charge on any atom is -0.507 e. The number of hydrogen-bond acceptors (Lipinski definition) is 10. The molecule has 3 aromatic carbocycles. The van der Waals surface area contributed by atoms with Gasteiger partial charge in [0.15, 0.2) is 28.4 Å². The van der Waals surface area contributed by atoms with Gasteiger partial charge in [-0.3, -0.25) is 9.59 Å². The summed E-state index contributed by atoms with van der Waals surface area (Å²) in [6.45, 7) is 0.0299. The summed E-state index contributed by atoms with van der Waals surface area (Å²) in [7, 11) is 2.92. The molecule has 3 heterocycles. The second-order valence-electron chi connectivity index (χ2n) is 8.56. The fourth-order valence-electron chi connectivity index (χ4n) is 4.78. The molecule has 10 heteroatoms. The minimum atomic E-state index is -0.620. The van der Waals surface area contributed by atoms with E-state index in [1.54, 1.807) is 18.2 Å². The van der Waals surface area contributed by atoms with Crippen molar-refractivity contribution in [3.05, 3.63) is 63.8 Å². The van der Waals surface area contributed by atoms with Crippen LogP contribution in [-0.4, -0.2) is 37.2 Å². The molecule has 0 aliphatic carbocycles. The van der Waals surface area contributed by atoms with Crippen LogP contribution in [0.5, 0.6) is 40.2 Å². The summed E-state index contributed by atoms with van der Waals surface area (Å²) in [5, 5.41) is 20.9. The second kappa shape index (κ2) is 8.37. The van der Waals surface area contributed by atoms with Crippen LogP contribution in [0, 0.1) is 0 Å². The molecule has 2 aliphatic rings.